The Balaban J connectivity index is 2.60. The molecule has 0 atom stereocenters. The molecule has 0 unspecified atom stereocenters. The first-order valence-electron chi connectivity index (χ1n) is 7.24. The molecule has 0 spiro atoms. The minimum Gasteiger partial charge on any atom is -0.373 e. The van der Waals surface area contributed by atoms with Crippen LogP contribution in [0.4, 0.5) is 5.82 Å². The quantitative estimate of drug-likeness (QED) is 0.760. The Kier molecular flexibility index (Phi) is 6.92. The van der Waals surface area contributed by atoms with E-state index in [0.29, 0.717) is 35.2 Å². The summed E-state index contributed by atoms with van der Waals surface area (Å²) in [7, 11) is 1.74. The van der Waals surface area contributed by atoms with Gasteiger partial charge in [-0.2, -0.15) is 0 Å². The summed E-state index contributed by atoms with van der Waals surface area (Å²) in [6.45, 7) is 10.0. The van der Waals surface area contributed by atoms with Crippen LogP contribution in [0.25, 0.3) is 0 Å². The van der Waals surface area contributed by atoms with Crippen LogP contribution in [0.5, 0.6) is 0 Å². The summed E-state index contributed by atoms with van der Waals surface area (Å²) in [6, 6.07) is 4.16. The maximum Gasteiger partial charge on any atom is 0.251 e. The predicted octanol–water partition coefficient (Wildman–Crippen LogP) is 2.63. The Morgan fingerprint density at radius 1 is 1.29 bits per heavy atom. The summed E-state index contributed by atoms with van der Waals surface area (Å²) in [6.07, 6.45) is 0. The Morgan fingerprint density at radius 3 is 2.43 bits per heavy atom. The van der Waals surface area contributed by atoms with Crippen LogP contribution in [0.1, 0.15) is 38.1 Å². The van der Waals surface area contributed by atoms with Crippen LogP contribution in [0, 0.1) is 0 Å². The van der Waals surface area contributed by atoms with Gasteiger partial charge in [-0.3, -0.25) is 9.69 Å². The third-order valence-corrected chi connectivity index (χ3v) is 3.49. The number of nitrogens with one attached hydrogen (secondary N) is 2. The van der Waals surface area contributed by atoms with E-state index in [1.165, 1.54) is 0 Å². The number of carbonyl (C=O) groups excluding carboxylic acids is 1. The van der Waals surface area contributed by atoms with Crippen molar-refractivity contribution in [3.63, 3.8) is 0 Å². The van der Waals surface area contributed by atoms with Crippen molar-refractivity contribution in [2.45, 2.75) is 39.8 Å². The SMILES string of the molecule is CNc1cc(C(=O)NCCN(C(C)C)C(C)C)cc(Cl)n1. The number of anilines is 1. The highest BCUT2D eigenvalue weighted by atomic mass is 35.5. The molecule has 0 saturated carbocycles. The molecule has 1 aromatic rings. The van der Waals surface area contributed by atoms with Crippen LogP contribution in [-0.2, 0) is 0 Å². The summed E-state index contributed by atoms with van der Waals surface area (Å²) in [5.74, 6) is 0.446. The van der Waals surface area contributed by atoms with Gasteiger partial charge in [0.05, 0.1) is 0 Å². The van der Waals surface area contributed by atoms with E-state index in [1.54, 1.807) is 19.2 Å². The van der Waals surface area contributed by atoms with Crippen LogP contribution < -0.4 is 10.6 Å². The number of aromatic nitrogens is 1. The lowest BCUT2D eigenvalue weighted by molar-refractivity contribution is 0.0939. The smallest absolute Gasteiger partial charge is 0.251 e. The third kappa shape index (κ3) is 5.52. The van der Waals surface area contributed by atoms with E-state index in [1.807, 2.05) is 0 Å². The molecule has 1 amide bonds. The lowest BCUT2D eigenvalue weighted by atomic mass is 10.2. The van der Waals surface area contributed by atoms with E-state index in [9.17, 15) is 4.79 Å². The second-order valence-electron chi connectivity index (χ2n) is 5.50. The van der Waals surface area contributed by atoms with Gasteiger partial charge in [-0.15, -0.1) is 0 Å². The van der Waals surface area contributed by atoms with Crippen molar-refractivity contribution in [2.24, 2.45) is 0 Å². The molecule has 1 rings (SSSR count). The van der Waals surface area contributed by atoms with Crippen LogP contribution in [-0.4, -0.2) is 48.0 Å². The van der Waals surface area contributed by atoms with Crippen molar-refractivity contribution in [1.82, 2.24) is 15.2 Å². The van der Waals surface area contributed by atoms with Gasteiger partial charge in [-0.25, -0.2) is 4.98 Å². The largest absolute Gasteiger partial charge is 0.373 e. The highest BCUT2D eigenvalue weighted by Crippen LogP contribution is 2.14. The molecule has 21 heavy (non-hydrogen) atoms. The van der Waals surface area contributed by atoms with E-state index >= 15 is 0 Å². The first-order valence-corrected chi connectivity index (χ1v) is 7.62. The molecule has 0 saturated heterocycles. The molecule has 1 aromatic heterocycles. The normalized spacial score (nSPS) is 11.3. The van der Waals surface area contributed by atoms with E-state index in [-0.39, 0.29) is 5.91 Å². The van der Waals surface area contributed by atoms with Crippen molar-refractivity contribution in [3.8, 4) is 0 Å². The van der Waals surface area contributed by atoms with Gasteiger partial charge in [-0.1, -0.05) is 11.6 Å². The number of hydrogen-bond acceptors (Lipinski definition) is 4. The summed E-state index contributed by atoms with van der Waals surface area (Å²) < 4.78 is 0. The Labute approximate surface area is 132 Å². The van der Waals surface area contributed by atoms with Gasteiger partial charge >= 0.3 is 0 Å². The molecule has 6 heteroatoms. The van der Waals surface area contributed by atoms with Crippen molar-refractivity contribution < 1.29 is 4.79 Å². The molecular weight excluding hydrogens is 288 g/mol. The molecule has 118 valence electrons. The summed E-state index contributed by atoms with van der Waals surface area (Å²) in [5.41, 5.74) is 0.514. The Hall–Kier alpha value is -1.33. The fourth-order valence-electron chi connectivity index (χ4n) is 2.27. The lowest BCUT2D eigenvalue weighted by Gasteiger charge is -2.30. The van der Waals surface area contributed by atoms with Gasteiger partial charge in [0.15, 0.2) is 0 Å². The fourth-order valence-corrected chi connectivity index (χ4v) is 2.48. The number of rotatable bonds is 7. The number of halogens is 1. The van der Waals surface area contributed by atoms with Crippen molar-refractivity contribution >= 4 is 23.3 Å². The van der Waals surface area contributed by atoms with Crippen molar-refractivity contribution in [1.29, 1.82) is 0 Å². The van der Waals surface area contributed by atoms with E-state index in [4.69, 9.17) is 11.6 Å². The first-order chi connectivity index (χ1) is 9.85. The zero-order chi connectivity index (χ0) is 16.0. The Bertz CT molecular complexity index is 469. The molecule has 0 aliphatic rings. The van der Waals surface area contributed by atoms with E-state index in [2.05, 4.69) is 48.2 Å². The van der Waals surface area contributed by atoms with Gasteiger partial charge in [0.2, 0.25) is 0 Å². The minimum atomic E-state index is -0.136. The van der Waals surface area contributed by atoms with Crippen LogP contribution >= 0.6 is 11.6 Å². The third-order valence-electron chi connectivity index (χ3n) is 3.29. The molecule has 0 aromatic carbocycles. The molecule has 1 heterocycles. The summed E-state index contributed by atoms with van der Waals surface area (Å²) in [5, 5.41) is 6.11. The van der Waals surface area contributed by atoms with Crippen LogP contribution in [0.15, 0.2) is 12.1 Å². The van der Waals surface area contributed by atoms with Gasteiger partial charge in [0.1, 0.15) is 11.0 Å². The van der Waals surface area contributed by atoms with Crippen molar-refractivity contribution in [2.75, 3.05) is 25.5 Å². The average Bonchev–Trinajstić information content (AvgIpc) is 2.41. The predicted molar refractivity (Wildman–Crippen MR) is 88.1 cm³/mol. The number of pyridine rings is 1. The monoisotopic (exact) mass is 312 g/mol. The fraction of sp³-hybridized carbons (Fsp3) is 0.600. The highest BCUT2D eigenvalue weighted by molar-refractivity contribution is 6.29. The van der Waals surface area contributed by atoms with Gasteiger partial charge in [-0.05, 0) is 39.8 Å². The molecule has 2 N–H and O–H groups in total. The number of nitrogens with zero attached hydrogens (tertiary/aromatic N) is 2. The number of amides is 1. The van der Waals surface area contributed by atoms with E-state index in [0.717, 1.165) is 6.54 Å². The molecule has 5 nitrogen and oxygen atoms in total. The average molecular weight is 313 g/mol. The molecule has 0 radical (unpaired) electrons. The molecule has 0 bridgehead atoms. The van der Waals surface area contributed by atoms with Gasteiger partial charge in [0, 0.05) is 37.8 Å². The zero-order valence-electron chi connectivity index (χ0n) is 13.4. The second kappa shape index (κ2) is 8.20. The molecule has 0 aliphatic heterocycles. The topological polar surface area (TPSA) is 57.3 Å². The molecule has 0 aliphatic carbocycles. The first kappa shape index (κ1) is 17.7. The summed E-state index contributed by atoms with van der Waals surface area (Å²) >= 11 is 5.90. The number of carbonyl (C=O) groups is 1. The maximum atomic E-state index is 12.1. The highest BCUT2D eigenvalue weighted by Gasteiger charge is 2.14. The molecule has 0 fully saturated rings. The number of hydrogen-bond donors (Lipinski definition) is 2. The van der Waals surface area contributed by atoms with Crippen LogP contribution in [0.2, 0.25) is 5.15 Å². The Morgan fingerprint density at radius 2 is 1.90 bits per heavy atom. The second-order valence-corrected chi connectivity index (χ2v) is 5.88. The summed E-state index contributed by atoms with van der Waals surface area (Å²) in [4.78, 5) is 18.5. The zero-order valence-corrected chi connectivity index (χ0v) is 14.2. The maximum absolute atomic E-state index is 12.1. The molecular formula is C15H25ClN4O. The minimum absolute atomic E-state index is 0.136. The lowest BCUT2D eigenvalue weighted by Crippen LogP contribution is -2.42. The van der Waals surface area contributed by atoms with Gasteiger partial charge < -0.3 is 10.6 Å². The van der Waals surface area contributed by atoms with Crippen LogP contribution in [0.3, 0.4) is 0 Å². The van der Waals surface area contributed by atoms with E-state index < -0.39 is 0 Å². The standard InChI is InChI=1S/C15H25ClN4O/c1-10(2)20(11(3)4)7-6-18-15(21)12-8-13(16)19-14(9-12)17-5/h8-11H,6-7H2,1-5H3,(H,17,19)(H,18,21). The van der Waals surface area contributed by atoms with Gasteiger partial charge in [0.25, 0.3) is 5.91 Å². The van der Waals surface area contributed by atoms with Crippen molar-refractivity contribution in [3.05, 3.63) is 22.8 Å².